The largest absolute Gasteiger partial charge is 0.348 e. The Balaban J connectivity index is 1.49. The average molecular weight is 362 g/mol. The number of fused-ring (bicyclic) bond motifs is 2. The fraction of sp³-hybridized carbons (Fsp3) is 0.750. The van der Waals surface area contributed by atoms with E-state index in [4.69, 9.17) is 0 Å². The SMILES string of the molecule is CN1C[C@H]2C3(CCN(Cc4cccs4)CC3)CC[C@@]2(C(=O)N(C)C)C1. The second-order valence-corrected chi connectivity index (χ2v) is 9.86. The Bertz CT molecular complexity index is 621. The Morgan fingerprint density at radius 3 is 2.68 bits per heavy atom. The fourth-order valence-electron chi connectivity index (χ4n) is 5.97. The first-order valence-corrected chi connectivity index (χ1v) is 10.5. The van der Waals surface area contributed by atoms with Gasteiger partial charge in [0.2, 0.25) is 5.91 Å². The zero-order chi connectivity index (χ0) is 17.7. The number of carbonyl (C=O) groups excluding carboxylic acids is 1. The number of rotatable bonds is 3. The maximum Gasteiger partial charge on any atom is 0.229 e. The summed E-state index contributed by atoms with van der Waals surface area (Å²) in [4.78, 5) is 21.4. The van der Waals surface area contributed by atoms with Crippen molar-refractivity contribution in [3.05, 3.63) is 22.4 Å². The van der Waals surface area contributed by atoms with Crippen LogP contribution in [-0.4, -0.2) is 67.9 Å². The van der Waals surface area contributed by atoms with Crippen LogP contribution in [0.15, 0.2) is 17.5 Å². The maximum atomic E-state index is 13.1. The molecule has 138 valence electrons. The number of hydrogen-bond donors (Lipinski definition) is 0. The van der Waals surface area contributed by atoms with Gasteiger partial charge in [-0.2, -0.15) is 0 Å². The highest BCUT2D eigenvalue weighted by atomic mass is 32.1. The molecule has 0 aromatic carbocycles. The highest BCUT2D eigenvalue weighted by molar-refractivity contribution is 7.09. The number of piperidine rings is 1. The summed E-state index contributed by atoms with van der Waals surface area (Å²) >= 11 is 1.86. The Hall–Kier alpha value is -0.910. The van der Waals surface area contributed by atoms with Crippen molar-refractivity contribution >= 4 is 17.2 Å². The van der Waals surface area contributed by atoms with Gasteiger partial charge in [0.25, 0.3) is 0 Å². The van der Waals surface area contributed by atoms with Crippen LogP contribution in [0.4, 0.5) is 0 Å². The second-order valence-electron chi connectivity index (χ2n) is 8.82. The summed E-state index contributed by atoms with van der Waals surface area (Å²) in [5, 5.41) is 2.17. The zero-order valence-corrected chi connectivity index (χ0v) is 16.6. The number of likely N-dealkylation sites (tertiary alicyclic amines) is 2. The summed E-state index contributed by atoms with van der Waals surface area (Å²) in [6.45, 7) is 5.52. The lowest BCUT2D eigenvalue weighted by molar-refractivity contribution is -0.141. The normalized spacial score (nSPS) is 32.2. The molecule has 25 heavy (non-hydrogen) atoms. The maximum absolute atomic E-state index is 13.1. The van der Waals surface area contributed by atoms with Crippen molar-refractivity contribution in [2.75, 3.05) is 47.3 Å². The third-order valence-electron chi connectivity index (χ3n) is 7.17. The molecule has 3 fully saturated rings. The molecule has 1 saturated carbocycles. The van der Waals surface area contributed by atoms with Gasteiger partial charge in [0.05, 0.1) is 5.41 Å². The number of hydrogen-bond acceptors (Lipinski definition) is 4. The molecule has 0 unspecified atom stereocenters. The van der Waals surface area contributed by atoms with Gasteiger partial charge in [-0.25, -0.2) is 0 Å². The predicted octanol–water partition coefficient (Wildman–Crippen LogP) is 2.76. The molecule has 2 atom stereocenters. The van der Waals surface area contributed by atoms with Crippen LogP contribution in [0.3, 0.4) is 0 Å². The summed E-state index contributed by atoms with van der Waals surface area (Å²) in [6, 6.07) is 4.40. The van der Waals surface area contributed by atoms with Gasteiger partial charge < -0.3 is 9.80 Å². The second kappa shape index (κ2) is 6.36. The van der Waals surface area contributed by atoms with Crippen LogP contribution in [0, 0.1) is 16.7 Å². The quantitative estimate of drug-likeness (QED) is 0.828. The third kappa shape index (κ3) is 2.84. The van der Waals surface area contributed by atoms with E-state index >= 15 is 0 Å². The monoisotopic (exact) mass is 361 g/mol. The minimum Gasteiger partial charge on any atom is -0.348 e. The highest BCUT2D eigenvalue weighted by Gasteiger charge is 2.63. The number of thiophene rings is 1. The molecule has 3 aliphatic rings. The standard InChI is InChI=1S/C20H31N3OS/c1-21(2)18(24)20-7-6-19(17(20)14-22(3)15-20)8-10-23(11-9-19)13-16-5-4-12-25-16/h4-5,12,17H,6-11,13-15H2,1-3H3/t17-,20+/m0/s1. The lowest BCUT2D eigenvalue weighted by atomic mass is 9.65. The van der Waals surface area contributed by atoms with Crippen molar-refractivity contribution in [3.8, 4) is 0 Å². The molecule has 2 saturated heterocycles. The molecule has 4 nitrogen and oxygen atoms in total. The van der Waals surface area contributed by atoms with E-state index in [0.29, 0.717) is 17.2 Å². The van der Waals surface area contributed by atoms with E-state index in [1.807, 2.05) is 30.3 Å². The van der Waals surface area contributed by atoms with Crippen LogP contribution in [0.1, 0.15) is 30.6 Å². The number of amides is 1. The molecule has 2 aliphatic heterocycles. The number of nitrogens with zero attached hydrogens (tertiary/aromatic N) is 3. The van der Waals surface area contributed by atoms with E-state index in [0.717, 1.165) is 26.1 Å². The van der Waals surface area contributed by atoms with Crippen molar-refractivity contribution < 1.29 is 4.79 Å². The molecular formula is C20H31N3OS. The number of carbonyl (C=O) groups is 1. The van der Waals surface area contributed by atoms with Crippen molar-refractivity contribution in [2.24, 2.45) is 16.7 Å². The van der Waals surface area contributed by atoms with Gasteiger partial charge in [-0.05, 0) is 68.6 Å². The van der Waals surface area contributed by atoms with Gasteiger partial charge in [0, 0.05) is 38.6 Å². The van der Waals surface area contributed by atoms with E-state index < -0.39 is 0 Å². The summed E-state index contributed by atoms with van der Waals surface area (Å²) in [5.74, 6) is 0.920. The van der Waals surface area contributed by atoms with E-state index in [9.17, 15) is 4.79 Å². The first-order chi connectivity index (χ1) is 12.0. The molecule has 1 aromatic rings. The van der Waals surface area contributed by atoms with Crippen LogP contribution < -0.4 is 0 Å². The molecule has 0 bridgehead atoms. The third-order valence-corrected chi connectivity index (χ3v) is 8.03. The summed E-state index contributed by atoms with van der Waals surface area (Å²) in [6.07, 6.45) is 4.86. The minimum atomic E-state index is -0.117. The van der Waals surface area contributed by atoms with Crippen molar-refractivity contribution in [3.63, 3.8) is 0 Å². The van der Waals surface area contributed by atoms with Crippen molar-refractivity contribution in [1.29, 1.82) is 0 Å². The Morgan fingerprint density at radius 2 is 2.04 bits per heavy atom. The van der Waals surface area contributed by atoms with Crippen LogP contribution in [-0.2, 0) is 11.3 Å². The van der Waals surface area contributed by atoms with Gasteiger partial charge >= 0.3 is 0 Å². The Labute approximate surface area is 155 Å². The molecule has 1 aliphatic carbocycles. The van der Waals surface area contributed by atoms with Gasteiger partial charge in [-0.3, -0.25) is 9.69 Å². The Kier molecular flexibility index (Phi) is 4.45. The summed E-state index contributed by atoms with van der Waals surface area (Å²) in [5.41, 5.74) is 0.274. The first-order valence-electron chi connectivity index (χ1n) is 9.60. The molecule has 0 N–H and O–H groups in total. The summed E-state index contributed by atoms with van der Waals surface area (Å²) < 4.78 is 0. The van der Waals surface area contributed by atoms with Crippen molar-refractivity contribution in [2.45, 2.75) is 32.2 Å². The molecule has 1 amide bonds. The van der Waals surface area contributed by atoms with Crippen molar-refractivity contribution in [1.82, 2.24) is 14.7 Å². The van der Waals surface area contributed by atoms with E-state index in [-0.39, 0.29) is 5.41 Å². The molecule has 4 rings (SSSR count). The molecule has 0 radical (unpaired) electrons. The minimum absolute atomic E-state index is 0.117. The molecule has 1 spiro atoms. The van der Waals surface area contributed by atoms with E-state index in [1.165, 1.54) is 37.2 Å². The lowest BCUT2D eigenvalue weighted by Gasteiger charge is -2.44. The lowest BCUT2D eigenvalue weighted by Crippen LogP contribution is -2.48. The first kappa shape index (κ1) is 17.5. The van der Waals surface area contributed by atoms with Crippen LogP contribution in [0.25, 0.3) is 0 Å². The molecular weight excluding hydrogens is 330 g/mol. The van der Waals surface area contributed by atoms with Crippen LogP contribution >= 0.6 is 11.3 Å². The Morgan fingerprint density at radius 1 is 1.28 bits per heavy atom. The van der Waals surface area contributed by atoms with E-state index in [2.05, 4.69) is 34.4 Å². The van der Waals surface area contributed by atoms with Crippen LogP contribution in [0.5, 0.6) is 0 Å². The molecule has 1 aromatic heterocycles. The smallest absolute Gasteiger partial charge is 0.229 e. The highest BCUT2D eigenvalue weighted by Crippen LogP contribution is 2.62. The fourth-order valence-corrected chi connectivity index (χ4v) is 6.72. The van der Waals surface area contributed by atoms with Gasteiger partial charge in [-0.1, -0.05) is 6.07 Å². The summed E-state index contributed by atoms with van der Waals surface area (Å²) in [7, 11) is 6.06. The molecule has 3 heterocycles. The zero-order valence-electron chi connectivity index (χ0n) is 15.8. The predicted molar refractivity (Wildman–Crippen MR) is 103 cm³/mol. The van der Waals surface area contributed by atoms with E-state index in [1.54, 1.807) is 0 Å². The van der Waals surface area contributed by atoms with Crippen LogP contribution in [0.2, 0.25) is 0 Å². The van der Waals surface area contributed by atoms with Gasteiger partial charge in [0.15, 0.2) is 0 Å². The van der Waals surface area contributed by atoms with Gasteiger partial charge in [-0.15, -0.1) is 11.3 Å². The van der Waals surface area contributed by atoms with Gasteiger partial charge in [0.1, 0.15) is 0 Å². The topological polar surface area (TPSA) is 26.8 Å². The average Bonchev–Trinajstić information content (AvgIpc) is 3.27. The molecule has 5 heteroatoms.